The number of hydrogen-bond acceptors (Lipinski definition) is 2. The monoisotopic (exact) mass is 266 g/mol. The molecule has 1 heterocycles. The van der Waals surface area contributed by atoms with Crippen LogP contribution < -0.4 is 5.32 Å². The summed E-state index contributed by atoms with van der Waals surface area (Å²) in [4.78, 5) is 27.2. The van der Waals surface area contributed by atoms with E-state index in [1.54, 1.807) is 0 Å². The first-order valence-electron chi connectivity index (χ1n) is 7.67. The van der Waals surface area contributed by atoms with Crippen molar-refractivity contribution in [2.45, 2.75) is 83.3 Å². The van der Waals surface area contributed by atoms with Gasteiger partial charge < -0.3 is 10.2 Å². The van der Waals surface area contributed by atoms with Crippen LogP contribution in [0.25, 0.3) is 0 Å². The van der Waals surface area contributed by atoms with E-state index in [0.29, 0.717) is 0 Å². The Morgan fingerprint density at radius 1 is 1.26 bits per heavy atom. The second kappa shape index (κ2) is 5.51. The number of carbonyl (C=O) groups excluding carboxylic acids is 2. The summed E-state index contributed by atoms with van der Waals surface area (Å²) in [6.45, 7) is 6.09. The summed E-state index contributed by atoms with van der Waals surface area (Å²) in [5.41, 5.74) is -0.562. The van der Waals surface area contributed by atoms with Gasteiger partial charge in [-0.2, -0.15) is 0 Å². The van der Waals surface area contributed by atoms with Crippen LogP contribution in [0.4, 0.5) is 0 Å². The third kappa shape index (κ3) is 2.37. The maximum absolute atomic E-state index is 12.7. The van der Waals surface area contributed by atoms with Gasteiger partial charge in [-0.3, -0.25) is 9.59 Å². The van der Waals surface area contributed by atoms with Crippen LogP contribution in [0.3, 0.4) is 0 Å². The van der Waals surface area contributed by atoms with E-state index < -0.39 is 5.54 Å². The van der Waals surface area contributed by atoms with E-state index in [9.17, 15) is 9.59 Å². The molecule has 2 amide bonds. The summed E-state index contributed by atoms with van der Waals surface area (Å²) >= 11 is 0. The van der Waals surface area contributed by atoms with Crippen molar-refractivity contribution in [2.75, 3.05) is 0 Å². The molecule has 1 saturated carbocycles. The van der Waals surface area contributed by atoms with Crippen molar-refractivity contribution in [3.05, 3.63) is 0 Å². The van der Waals surface area contributed by atoms with Crippen molar-refractivity contribution >= 4 is 11.8 Å². The third-order valence-electron chi connectivity index (χ3n) is 4.50. The second-order valence-corrected chi connectivity index (χ2v) is 6.21. The highest BCUT2D eigenvalue weighted by atomic mass is 16.2. The fourth-order valence-electron chi connectivity index (χ4n) is 3.68. The highest BCUT2D eigenvalue weighted by molar-refractivity contribution is 6.00. The molecule has 0 bridgehead atoms. The summed E-state index contributed by atoms with van der Waals surface area (Å²) in [7, 11) is 0. The molecule has 1 aliphatic carbocycles. The van der Waals surface area contributed by atoms with Crippen LogP contribution in [0, 0.1) is 0 Å². The van der Waals surface area contributed by atoms with Gasteiger partial charge in [-0.25, -0.2) is 0 Å². The summed E-state index contributed by atoms with van der Waals surface area (Å²) in [6.07, 6.45) is 6.56. The Hall–Kier alpha value is -1.06. The van der Waals surface area contributed by atoms with Crippen molar-refractivity contribution in [3.8, 4) is 0 Å². The van der Waals surface area contributed by atoms with Crippen molar-refractivity contribution < 1.29 is 9.59 Å². The Morgan fingerprint density at radius 2 is 1.89 bits per heavy atom. The lowest BCUT2D eigenvalue weighted by Crippen LogP contribution is -2.72. The van der Waals surface area contributed by atoms with Gasteiger partial charge in [-0.05, 0) is 33.1 Å². The van der Waals surface area contributed by atoms with Gasteiger partial charge >= 0.3 is 0 Å². The summed E-state index contributed by atoms with van der Waals surface area (Å²) in [5, 5.41) is 2.98. The Kier molecular flexibility index (Phi) is 4.16. The molecule has 19 heavy (non-hydrogen) atoms. The zero-order chi connectivity index (χ0) is 14.0. The predicted octanol–water partition coefficient (Wildman–Crippen LogP) is 2.22. The summed E-state index contributed by atoms with van der Waals surface area (Å²) in [6, 6.07) is -0.219. The van der Waals surface area contributed by atoms with E-state index in [0.717, 1.165) is 38.5 Å². The van der Waals surface area contributed by atoms with Gasteiger partial charge in [0.05, 0.1) is 0 Å². The molecule has 1 aliphatic heterocycles. The lowest BCUT2D eigenvalue weighted by atomic mass is 9.76. The molecule has 1 saturated heterocycles. The zero-order valence-corrected chi connectivity index (χ0v) is 12.4. The van der Waals surface area contributed by atoms with Crippen LogP contribution in [0.1, 0.15) is 65.7 Å². The van der Waals surface area contributed by atoms with Gasteiger partial charge in [0.1, 0.15) is 11.6 Å². The van der Waals surface area contributed by atoms with E-state index in [1.807, 2.05) is 25.7 Å². The smallest absolute Gasteiger partial charge is 0.246 e. The standard InChI is InChI=1S/C15H26N2O2/c1-4-8-12-13(18)17(11(2)3)15(14(19)16-12)9-6-5-7-10-15/h11-12H,4-10H2,1-3H3,(H,16,19). The molecule has 2 rings (SSSR count). The number of hydrogen-bond donors (Lipinski definition) is 1. The lowest BCUT2D eigenvalue weighted by molar-refractivity contribution is -0.163. The number of piperazine rings is 1. The lowest BCUT2D eigenvalue weighted by Gasteiger charge is -2.52. The third-order valence-corrected chi connectivity index (χ3v) is 4.50. The number of amides is 2. The topological polar surface area (TPSA) is 49.4 Å². The predicted molar refractivity (Wildman–Crippen MR) is 74.6 cm³/mol. The highest BCUT2D eigenvalue weighted by Gasteiger charge is 2.53. The molecule has 2 aliphatic rings. The first-order chi connectivity index (χ1) is 9.03. The van der Waals surface area contributed by atoms with Crippen LogP contribution in [-0.2, 0) is 9.59 Å². The molecule has 1 atom stereocenters. The molecule has 0 radical (unpaired) electrons. The highest BCUT2D eigenvalue weighted by Crippen LogP contribution is 2.38. The van der Waals surface area contributed by atoms with Crippen molar-refractivity contribution in [1.29, 1.82) is 0 Å². The van der Waals surface area contributed by atoms with Crippen molar-refractivity contribution in [2.24, 2.45) is 0 Å². The zero-order valence-electron chi connectivity index (χ0n) is 12.4. The van der Waals surface area contributed by atoms with Gasteiger partial charge in [-0.1, -0.05) is 32.6 Å². The minimum absolute atomic E-state index is 0.0824. The SMILES string of the molecule is CCCC1NC(=O)C2(CCCCC2)N(C(C)C)C1=O. The minimum Gasteiger partial charge on any atom is -0.342 e. The average Bonchev–Trinajstić information content (AvgIpc) is 2.37. The number of rotatable bonds is 3. The average molecular weight is 266 g/mol. The van der Waals surface area contributed by atoms with Crippen LogP contribution in [0.15, 0.2) is 0 Å². The Balaban J connectivity index is 2.32. The van der Waals surface area contributed by atoms with Crippen LogP contribution in [0.2, 0.25) is 0 Å². The molecule has 4 heteroatoms. The number of carbonyl (C=O) groups is 2. The minimum atomic E-state index is -0.562. The quantitative estimate of drug-likeness (QED) is 0.851. The van der Waals surface area contributed by atoms with Gasteiger partial charge in [-0.15, -0.1) is 0 Å². The molecule has 0 aromatic heterocycles. The van der Waals surface area contributed by atoms with Gasteiger partial charge in [0.15, 0.2) is 0 Å². The largest absolute Gasteiger partial charge is 0.342 e. The summed E-state index contributed by atoms with van der Waals surface area (Å²) in [5.74, 6) is 0.206. The van der Waals surface area contributed by atoms with Crippen LogP contribution in [-0.4, -0.2) is 34.3 Å². The van der Waals surface area contributed by atoms with Crippen molar-refractivity contribution in [1.82, 2.24) is 10.2 Å². The normalized spacial score (nSPS) is 26.9. The molecule has 1 unspecified atom stereocenters. The molecule has 1 spiro atoms. The van der Waals surface area contributed by atoms with Crippen molar-refractivity contribution in [3.63, 3.8) is 0 Å². The van der Waals surface area contributed by atoms with E-state index in [2.05, 4.69) is 5.32 Å². The molecule has 108 valence electrons. The second-order valence-electron chi connectivity index (χ2n) is 6.21. The van der Waals surface area contributed by atoms with E-state index in [4.69, 9.17) is 0 Å². The fraction of sp³-hybridized carbons (Fsp3) is 0.867. The Labute approximate surface area is 115 Å². The van der Waals surface area contributed by atoms with Gasteiger partial charge in [0, 0.05) is 6.04 Å². The van der Waals surface area contributed by atoms with Gasteiger partial charge in [0.25, 0.3) is 0 Å². The number of nitrogens with zero attached hydrogens (tertiary/aromatic N) is 1. The first kappa shape index (κ1) is 14.4. The Morgan fingerprint density at radius 3 is 2.42 bits per heavy atom. The molecule has 4 nitrogen and oxygen atoms in total. The fourth-order valence-corrected chi connectivity index (χ4v) is 3.68. The summed E-state index contributed by atoms with van der Waals surface area (Å²) < 4.78 is 0. The van der Waals surface area contributed by atoms with Crippen LogP contribution >= 0.6 is 0 Å². The van der Waals surface area contributed by atoms with E-state index in [1.165, 1.54) is 6.42 Å². The molecule has 0 aromatic carbocycles. The van der Waals surface area contributed by atoms with E-state index >= 15 is 0 Å². The number of nitrogens with one attached hydrogen (secondary N) is 1. The van der Waals surface area contributed by atoms with E-state index in [-0.39, 0.29) is 23.9 Å². The van der Waals surface area contributed by atoms with Crippen LogP contribution in [0.5, 0.6) is 0 Å². The first-order valence-corrected chi connectivity index (χ1v) is 7.67. The molecule has 2 fully saturated rings. The molecule has 1 N–H and O–H groups in total. The molecule has 0 aromatic rings. The molecular formula is C15H26N2O2. The maximum Gasteiger partial charge on any atom is 0.246 e. The maximum atomic E-state index is 12.7. The Bertz CT molecular complexity index is 359. The molecular weight excluding hydrogens is 240 g/mol. The van der Waals surface area contributed by atoms with Gasteiger partial charge in [0.2, 0.25) is 11.8 Å².